The van der Waals surface area contributed by atoms with Gasteiger partial charge in [-0.1, -0.05) is 24.3 Å². The van der Waals surface area contributed by atoms with Gasteiger partial charge in [-0.15, -0.1) is 0 Å². The monoisotopic (exact) mass is 322 g/mol. The molecule has 6 heteroatoms. The molecule has 0 aromatic carbocycles. The van der Waals surface area contributed by atoms with Crippen LogP contribution in [0.4, 0.5) is 0 Å². The summed E-state index contributed by atoms with van der Waals surface area (Å²) in [5, 5.41) is 2.32. The molecule has 0 bridgehead atoms. The van der Waals surface area contributed by atoms with Gasteiger partial charge in [-0.2, -0.15) is 0 Å². The predicted molar refractivity (Wildman–Crippen MR) is 84.7 cm³/mol. The molecule has 2 heterocycles. The van der Waals surface area contributed by atoms with Crippen molar-refractivity contribution in [3.8, 4) is 0 Å². The molecule has 1 saturated heterocycles. The molecule has 1 spiro atoms. The summed E-state index contributed by atoms with van der Waals surface area (Å²) in [6.07, 6.45) is 11.4. The van der Waals surface area contributed by atoms with Gasteiger partial charge in [0.25, 0.3) is 0 Å². The Morgan fingerprint density at radius 2 is 2.08 bits per heavy atom. The van der Waals surface area contributed by atoms with Crippen LogP contribution in [0.15, 0.2) is 52.7 Å². The van der Waals surface area contributed by atoms with E-state index in [0.29, 0.717) is 18.4 Å². The van der Waals surface area contributed by atoms with E-state index < -0.39 is 23.2 Å². The normalized spacial score (nSPS) is 34.0. The van der Waals surface area contributed by atoms with Crippen LogP contribution in [0, 0.1) is 17.3 Å². The molecule has 120 valence electrons. The van der Waals surface area contributed by atoms with Gasteiger partial charge in [0, 0.05) is 18.2 Å². The molecular formula is C18H14N2O4. The number of hydrogen-bond acceptors (Lipinski definition) is 5. The first-order valence-corrected chi connectivity index (χ1v) is 7.77. The fourth-order valence-electron chi connectivity index (χ4n) is 4.12. The van der Waals surface area contributed by atoms with Gasteiger partial charge in [0.1, 0.15) is 0 Å². The zero-order valence-corrected chi connectivity index (χ0v) is 12.7. The molecule has 2 amide bonds. The van der Waals surface area contributed by atoms with Crippen LogP contribution in [0.2, 0.25) is 0 Å². The molecule has 1 fully saturated rings. The van der Waals surface area contributed by atoms with E-state index in [1.807, 2.05) is 18.2 Å². The van der Waals surface area contributed by atoms with Gasteiger partial charge in [0.05, 0.1) is 23.0 Å². The van der Waals surface area contributed by atoms with Crippen molar-refractivity contribution in [2.24, 2.45) is 22.2 Å². The summed E-state index contributed by atoms with van der Waals surface area (Å²) in [7, 11) is 0. The van der Waals surface area contributed by atoms with Gasteiger partial charge in [0.2, 0.25) is 11.8 Å². The summed E-state index contributed by atoms with van der Waals surface area (Å²) in [5.74, 6) is -2.38. The Kier molecular flexibility index (Phi) is 3.09. The second-order valence-corrected chi connectivity index (χ2v) is 6.30. The van der Waals surface area contributed by atoms with Crippen LogP contribution in [-0.2, 0) is 19.2 Å². The quantitative estimate of drug-likeness (QED) is 0.601. The molecule has 3 atom stereocenters. The predicted octanol–water partition coefficient (Wildman–Crippen LogP) is 0.814. The Morgan fingerprint density at radius 1 is 1.25 bits per heavy atom. The van der Waals surface area contributed by atoms with E-state index in [4.69, 9.17) is 0 Å². The highest BCUT2D eigenvalue weighted by Crippen LogP contribution is 2.52. The van der Waals surface area contributed by atoms with Crippen molar-refractivity contribution in [3.05, 3.63) is 47.7 Å². The SMILES string of the molecule is O=CC1=CC(=O)C(C2CCC(=O)NC2=O)C23C=CC=CC2=CN=C13. The Labute approximate surface area is 137 Å². The first-order valence-electron chi connectivity index (χ1n) is 7.77. The largest absolute Gasteiger partial charge is 0.298 e. The molecule has 2 aliphatic heterocycles. The van der Waals surface area contributed by atoms with Gasteiger partial charge in [-0.3, -0.25) is 29.5 Å². The van der Waals surface area contributed by atoms with E-state index in [0.717, 1.165) is 5.57 Å². The number of aliphatic imine (C=N–C) groups is 1. The number of hydrogen-bond donors (Lipinski definition) is 1. The molecule has 0 saturated carbocycles. The molecule has 0 radical (unpaired) electrons. The Balaban J connectivity index is 1.88. The Morgan fingerprint density at radius 3 is 2.83 bits per heavy atom. The van der Waals surface area contributed by atoms with Crippen LogP contribution in [0.1, 0.15) is 12.8 Å². The maximum atomic E-state index is 12.8. The molecular weight excluding hydrogens is 308 g/mol. The summed E-state index contributed by atoms with van der Waals surface area (Å²) < 4.78 is 0. The molecule has 0 aromatic heterocycles. The van der Waals surface area contributed by atoms with Gasteiger partial charge >= 0.3 is 0 Å². The van der Waals surface area contributed by atoms with Gasteiger partial charge in [-0.05, 0) is 18.1 Å². The number of carbonyl (C=O) groups is 4. The molecule has 1 N–H and O–H groups in total. The number of ketones is 1. The van der Waals surface area contributed by atoms with Crippen LogP contribution in [-0.4, -0.2) is 29.6 Å². The fourth-order valence-corrected chi connectivity index (χ4v) is 4.12. The number of nitrogens with zero attached hydrogens (tertiary/aromatic N) is 1. The number of amides is 2. The smallest absolute Gasteiger partial charge is 0.230 e. The average molecular weight is 322 g/mol. The lowest BCUT2D eigenvalue weighted by Crippen LogP contribution is -2.54. The molecule has 4 aliphatic rings. The molecule has 6 nitrogen and oxygen atoms in total. The zero-order chi connectivity index (χ0) is 16.9. The lowest BCUT2D eigenvalue weighted by Gasteiger charge is -2.44. The van der Waals surface area contributed by atoms with Crippen LogP contribution in [0.25, 0.3) is 0 Å². The Hall–Kier alpha value is -2.89. The minimum absolute atomic E-state index is 0.200. The van der Waals surface area contributed by atoms with E-state index in [1.165, 1.54) is 6.08 Å². The number of piperidine rings is 1. The van der Waals surface area contributed by atoms with E-state index in [-0.39, 0.29) is 23.7 Å². The van der Waals surface area contributed by atoms with Crippen molar-refractivity contribution in [2.45, 2.75) is 12.8 Å². The van der Waals surface area contributed by atoms with Crippen LogP contribution in [0.3, 0.4) is 0 Å². The minimum atomic E-state index is -0.904. The van der Waals surface area contributed by atoms with Gasteiger partial charge in [0.15, 0.2) is 12.1 Å². The summed E-state index contributed by atoms with van der Waals surface area (Å²) in [6, 6.07) is 0. The van der Waals surface area contributed by atoms with Crippen LogP contribution < -0.4 is 5.32 Å². The zero-order valence-electron chi connectivity index (χ0n) is 12.7. The van der Waals surface area contributed by atoms with E-state index in [2.05, 4.69) is 10.3 Å². The number of aldehydes is 1. The third-order valence-electron chi connectivity index (χ3n) is 5.13. The number of carbonyl (C=O) groups excluding carboxylic acids is 4. The van der Waals surface area contributed by atoms with E-state index >= 15 is 0 Å². The first kappa shape index (κ1) is 14.7. The van der Waals surface area contributed by atoms with Crippen molar-refractivity contribution < 1.29 is 19.2 Å². The number of imide groups is 1. The van der Waals surface area contributed by atoms with E-state index in [9.17, 15) is 19.2 Å². The maximum absolute atomic E-state index is 12.8. The second-order valence-electron chi connectivity index (χ2n) is 6.30. The van der Waals surface area contributed by atoms with Crippen molar-refractivity contribution >= 4 is 29.6 Å². The summed E-state index contributed by atoms with van der Waals surface area (Å²) in [4.78, 5) is 52.5. The van der Waals surface area contributed by atoms with Crippen molar-refractivity contribution in [1.82, 2.24) is 5.32 Å². The molecule has 24 heavy (non-hydrogen) atoms. The topological polar surface area (TPSA) is 92.7 Å². The highest BCUT2D eigenvalue weighted by Gasteiger charge is 2.57. The van der Waals surface area contributed by atoms with Crippen molar-refractivity contribution in [1.29, 1.82) is 0 Å². The van der Waals surface area contributed by atoms with Crippen LogP contribution in [0.5, 0.6) is 0 Å². The highest BCUT2D eigenvalue weighted by molar-refractivity contribution is 6.28. The number of rotatable bonds is 2. The lowest BCUT2D eigenvalue weighted by atomic mass is 9.56. The van der Waals surface area contributed by atoms with Gasteiger partial charge in [-0.25, -0.2) is 0 Å². The third kappa shape index (κ3) is 1.79. The molecule has 3 unspecified atom stereocenters. The maximum Gasteiger partial charge on any atom is 0.230 e. The number of allylic oxidation sites excluding steroid dienone is 7. The third-order valence-corrected chi connectivity index (χ3v) is 5.13. The second kappa shape index (κ2) is 5.06. The highest BCUT2D eigenvalue weighted by atomic mass is 16.2. The summed E-state index contributed by atoms with van der Waals surface area (Å²) >= 11 is 0. The molecule has 2 aliphatic carbocycles. The first-order chi connectivity index (χ1) is 11.6. The number of nitrogens with one attached hydrogen (secondary N) is 1. The Bertz CT molecular complexity index is 843. The van der Waals surface area contributed by atoms with Gasteiger partial charge < -0.3 is 0 Å². The standard InChI is InChI=1S/C18H14N2O4/c21-9-10-7-13(22)15(12-4-5-14(23)20-17(12)24)18-6-2-1-3-11(18)8-19-16(10)18/h1-3,6-9,12,15H,4-5H2,(H,20,23,24). The van der Waals surface area contributed by atoms with Crippen molar-refractivity contribution in [2.75, 3.05) is 0 Å². The minimum Gasteiger partial charge on any atom is -0.298 e. The molecule has 4 rings (SSSR count). The average Bonchev–Trinajstić information content (AvgIpc) is 2.95. The summed E-state index contributed by atoms with van der Waals surface area (Å²) in [6.45, 7) is 0. The van der Waals surface area contributed by atoms with E-state index in [1.54, 1.807) is 12.3 Å². The summed E-state index contributed by atoms with van der Waals surface area (Å²) in [5.41, 5.74) is 0.631. The van der Waals surface area contributed by atoms with Crippen molar-refractivity contribution in [3.63, 3.8) is 0 Å². The van der Waals surface area contributed by atoms with Crippen LogP contribution >= 0.6 is 0 Å². The molecule has 0 aromatic rings. The fraction of sp³-hybridized carbons (Fsp3) is 0.278. The lowest BCUT2D eigenvalue weighted by molar-refractivity contribution is -0.141.